The quantitative estimate of drug-likeness (QED) is 0.724. The Kier molecular flexibility index (Phi) is 6.67. The van der Waals surface area contributed by atoms with Crippen LogP contribution in [0.4, 0.5) is 0 Å². The Bertz CT molecular complexity index is 414. The molecule has 118 valence electrons. The molecule has 21 heavy (non-hydrogen) atoms. The van der Waals surface area contributed by atoms with Gasteiger partial charge in [-0.2, -0.15) is 0 Å². The summed E-state index contributed by atoms with van der Waals surface area (Å²) in [5.41, 5.74) is 0. The van der Waals surface area contributed by atoms with Crippen molar-refractivity contribution < 1.29 is 9.90 Å². The average molecular weight is 310 g/mol. The molecule has 3 unspecified atom stereocenters. The van der Waals surface area contributed by atoms with Crippen LogP contribution < -0.4 is 10.6 Å². The van der Waals surface area contributed by atoms with Gasteiger partial charge in [-0.3, -0.25) is 4.79 Å². The molecule has 5 heteroatoms. The van der Waals surface area contributed by atoms with Crippen LogP contribution in [0, 0.1) is 0 Å². The number of aliphatic carboxylic acids is 1. The standard InChI is InChI=1S/C16H26N2O2S/c1-12(10-13-6-3-2-4-8-17-13)18-14(11-16(19)20)15-7-5-9-21-15/h5,7,9,12-14,17-18H,2-4,6,8,10-11H2,1H3,(H,19,20). The van der Waals surface area contributed by atoms with Crippen molar-refractivity contribution in [2.24, 2.45) is 0 Å². The molecule has 0 radical (unpaired) electrons. The summed E-state index contributed by atoms with van der Waals surface area (Å²) >= 11 is 1.62. The Hall–Kier alpha value is -0.910. The largest absolute Gasteiger partial charge is 0.481 e. The summed E-state index contributed by atoms with van der Waals surface area (Å²) in [5.74, 6) is -0.749. The monoisotopic (exact) mass is 310 g/mol. The van der Waals surface area contributed by atoms with Crippen molar-refractivity contribution in [3.05, 3.63) is 22.4 Å². The highest BCUT2D eigenvalue weighted by Crippen LogP contribution is 2.23. The Morgan fingerprint density at radius 3 is 3.10 bits per heavy atom. The summed E-state index contributed by atoms with van der Waals surface area (Å²) in [6.45, 7) is 3.27. The van der Waals surface area contributed by atoms with E-state index in [-0.39, 0.29) is 12.5 Å². The van der Waals surface area contributed by atoms with E-state index in [1.807, 2.05) is 17.5 Å². The minimum absolute atomic E-state index is 0.0803. The van der Waals surface area contributed by atoms with Crippen molar-refractivity contribution in [3.63, 3.8) is 0 Å². The van der Waals surface area contributed by atoms with Crippen LogP contribution >= 0.6 is 11.3 Å². The SMILES string of the molecule is CC(CC1CCCCCN1)NC(CC(=O)O)c1cccs1. The van der Waals surface area contributed by atoms with E-state index < -0.39 is 5.97 Å². The molecule has 0 spiro atoms. The zero-order valence-electron chi connectivity index (χ0n) is 12.7. The molecule has 0 bridgehead atoms. The lowest BCUT2D eigenvalue weighted by Crippen LogP contribution is -2.38. The fourth-order valence-electron chi connectivity index (χ4n) is 3.05. The molecular formula is C16H26N2O2S. The average Bonchev–Trinajstić information content (AvgIpc) is 2.84. The van der Waals surface area contributed by atoms with Gasteiger partial charge in [0.2, 0.25) is 0 Å². The first kappa shape index (κ1) is 16.5. The topological polar surface area (TPSA) is 61.4 Å². The van der Waals surface area contributed by atoms with Crippen LogP contribution in [0.15, 0.2) is 17.5 Å². The molecule has 1 aliphatic heterocycles. The molecule has 3 atom stereocenters. The van der Waals surface area contributed by atoms with Gasteiger partial charge in [-0.1, -0.05) is 18.9 Å². The number of hydrogen-bond donors (Lipinski definition) is 3. The highest BCUT2D eigenvalue weighted by atomic mass is 32.1. The molecule has 0 saturated carbocycles. The van der Waals surface area contributed by atoms with Crippen LogP contribution in [-0.4, -0.2) is 29.7 Å². The first-order valence-electron chi connectivity index (χ1n) is 7.90. The molecule has 0 aromatic carbocycles. The fraction of sp³-hybridized carbons (Fsp3) is 0.688. The lowest BCUT2D eigenvalue weighted by molar-refractivity contribution is -0.137. The number of rotatable bonds is 7. The molecule has 1 aromatic rings. The van der Waals surface area contributed by atoms with E-state index in [1.165, 1.54) is 25.7 Å². The van der Waals surface area contributed by atoms with Crippen molar-refractivity contribution in [1.82, 2.24) is 10.6 Å². The first-order valence-corrected chi connectivity index (χ1v) is 8.77. The Balaban J connectivity index is 1.88. The number of carbonyl (C=O) groups is 1. The molecule has 4 nitrogen and oxygen atoms in total. The highest BCUT2D eigenvalue weighted by Gasteiger charge is 2.21. The molecule has 0 amide bonds. The van der Waals surface area contributed by atoms with Crippen molar-refractivity contribution in [3.8, 4) is 0 Å². The second-order valence-electron chi connectivity index (χ2n) is 5.97. The van der Waals surface area contributed by atoms with E-state index in [4.69, 9.17) is 5.11 Å². The predicted octanol–water partition coefficient (Wildman–Crippen LogP) is 3.16. The molecule has 1 aromatic heterocycles. The van der Waals surface area contributed by atoms with E-state index in [0.29, 0.717) is 12.1 Å². The summed E-state index contributed by atoms with van der Waals surface area (Å²) in [4.78, 5) is 12.2. The van der Waals surface area contributed by atoms with Crippen molar-refractivity contribution in [1.29, 1.82) is 0 Å². The van der Waals surface area contributed by atoms with E-state index in [9.17, 15) is 4.79 Å². The summed E-state index contributed by atoms with van der Waals surface area (Å²) in [6, 6.07) is 4.79. The van der Waals surface area contributed by atoms with Crippen LogP contribution in [-0.2, 0) is 4.79 Å². The number of nitrogens with one attached hydrogen (secondary N) is 2. The molecule has 1 fully saturated rings. The van der Waals surface area contributed by atoms with E-state index >= 15 is 0 Å². The second-order valence-corrected chi connectivity index (χ2v) is 6.95. The summed E-state index contributed by atoms with van der Waals surface area (Å²) in [7, 11) is 0. The maximum absolute atomic E-state index is 11.1. The number of carboxylic acids is 1. The third-order valence-corrected chi connectivity index (χ3v) is 5.04. The zero-order chi connectivity index (χ0) is 15.1. The molecule has 2 rings (SSSR count). The van der Waals surface area contributed by atoms with Crippen molar-refractivity contribution in [2.75, 3.05) is 6.54 Å². The minimum Gasteiger partial charge on any atom is -0.481 e. The second kappa shape index (κ2) is 8.51. The van der Waals surface area contributed by atoms with Crippen LogP contribution in [0.25, 0.3) is 0 Å². The Morgan fingerprint density at radius 2 is 2.38 bits per heavy atom. The Morgan fingerprint density at radius 1 is 1.52 bits per heavy atom. The minimum atomic E-state index is -0.749. The van der Waals surface area contributed by atoms with Crippen molar-refractivity contribution >= 4 is 17.3 Å². The molecule has 3 N–H and O–H groups in total. The van der Waals surface area contributed by atoms with Crippen LogP contribution in [0.3, 0.4) is 0 Å². The molecular weight excluding hydrogens is 284 g/mol. The van der Waals surface area contributed by atoms with E-state index in [0.717, 1.165) is 17.8 Å². The first-order chi connectivity index (χ1) is 10.1. The van der Waals surface area contributed by atoms with Gasteiger partial charge in [0, 0.05) is 17.0 Å². The zero-order valence-corrected chi connectivity index (χ0v) is 13.5. The lowest BCUT2D eigenvalue weighted by atomic mass is 10.0. The van der Waals surface area contributed by atoms with Crippen molar-refractivity contribution in [2.45, 2.75) is 63.6 Å². The normalized spacial score (nSPS) is 22.4. The van der Waals surface area contributed by atoms with E-state index in [2.05, 4.69) is 17.6 Å². The van der Waals surface area contributed by atoms with Gasteiger partial charge in [0.25, 0.3) is 0 Å². The van der Waals surface area contributed by atoms with Gasteiger partial charge < -0.3 is 15.7 Å². The number of hydrogen-bond acceptors (Lipinski definition) is 4. The number of thiophene rings is 1. The van der Waals surface area contributed by atoms with E-state index in [1.54, 1.807) is 11.3 Å². The molecule has 1 saturated heterocycles. The maximum Gasteiger partial charge on any atom is 0.305 e. The third-order valence-electron chi connectivity index (χ3n) is 4.05. The lowest BCUT2D eigenvalue weighted by Gasteiger charge is -2.25. The van der Waals surface area contributed by atoms with Gasteiger partial charge in [0.05, 0.1) is 12.5 Å². The van der Waals surface area contributed by atoms with Gasteiger partial charge in [0.1, 0.15) is 0 Å². The van der Waals surface area contributed by atoms with Gasteiger partial charge >= 0.3 is 5.97 Å². The highest BCUT2D eigenvalue weighted by molar-refractivity contribution is 7.10. The van der Waals surface area contributed by atoms with Gasteiger partial charge in [-0.15, -0.1) is 11.3 Å². The third kappa shape index (κ3) is 5.77. The van der Waals surface area contributed by atoms with Crippen LogP contribution in [0.2, 0.25) is 0 Å². The predicted molar refractivity (Wildman–Crippen MR) is 86.8 cm³/mol. The molecule has 0 aliphatic carbocycles. The van der Waals surface area contributed by atoms with Gasteiger partial charge in [0.15, 0.2) is 0 Å². The summed E-state index contributed by atoms with van der Waals surface area (Å²) in [5, 5.41) is 18.2. The summed E-state index contributed by atoms with van der Waals surface area (Å²) in [6.07, 6.45) is 6.32. The van der Waals surface area contributed by atoms with Gasteiger partial charge in [-0.25, -0.2) is 0 Å². The molecule has 1 aliphatic rings. The Labute approximate surface area is 131 Å². The summed E-state index contributed by atoms with van der Waals surface area (Å²) < 4.78 is 0. The van der Waals surface area contributed by atoms with Crippen LogP contribution in [0.1, 0.15) is 56.4 Å². The number of carboxylic acid groups (broad SMARTS) is 1. The van der Waals surface area contributed by atoms with Gasteiger partial charge in [-0.05, 0) is 44.2 Å². The molecule has 2 heterocycles. The smallest absolute Gasteiger partial charge is 0.305 e. The fourth-order valence-corrected chi connectivity index (χ4v) is 3.83. The van der Waals surface area contributed by atoms with Crippen LogP contribution in [0.5, 0.6) is 0 Å². The maximum atomic E-state index is 11.1.